The first-order valence-corrected chi connectivity index (χ1v) is 11.5. The zero-order valence-electron chi connectivity index (χ0n) is 16.9. The van der Waals surface area contributed by atoms with Crippen molar-refractivity contribution in [1.29, 1.82) is 0 Å². The second-order valence-electron chi connectivity index (χ2n) is 7.65. The van der Waals surface area contributed by atoms with Crippen molar-refractivity contribution in [3.63, 3.8) is 0 Å². The van der Waals surface area contributed by atoms with Crippen LogP contribution >= 0.6 is 0 Å². The van der Waals surface area contributed by atoms with Crippen LogP contribution in [0, 0.1) is 12.8 Å². The van der Waals surface area contributed by atoms with Crippen molar-refractivity contribution in [2.45, 2.75) is 50.9 Å². The average Bonchev–Trinajstić information content (AvgIpc) is 3.41. The molecule has 1 unspecified atom stereocenters. The van der Waals surface area contributed by atoms with Gasteiger partial charge in [0.1, 0.15) is 17.2 Å². The Bertz CT molecular complexity index is 1220. The predicted octanol–water partition coefficient (Wildman–Crippen LogP) is 2.03. The molecule has 0 amide bonds. The highest BCUT2D eigenvalue weighted by Crippen LogP contribution is 2.38. The fourth-order valence-electron chi connectivity index (χ4n) is 4.38. The molecule has 1 fully saturated rings. The van der Waals surface area contributed by atoms with E-state index in [0.29, 0.717) is 23.4 Å². The van der Waals surface area contributed by atoms with E-state index in [4.69, 9.17) is 4.52 Å². The molecule has 3 heterocycles. The summed E-state index contributed by atoms with van der Waals surface area (Å²) >= 11 is 0. The predicted molar refractivity (Wildman–Crippen MR) is 112 cm³/mol. The third kappa shape index (κ3) is 4.08. The summed E-state index contributed by atoms with van der Waals surface area (Å²) in [7, 11) is -3.55. The molecule has 0 spiro atoms. The van der Waals surface area contributed by atoms with Crippen LogP contribution in [-0.2, 0) is 15.8 Å². The summed E-state index contributed by atoms with van der Waals surface area (Å²) in [5.41, 5.74) is 2.66. The van der Waals surface area contributed by atoms with E-state index in [-0.39, 0.29) is 23.8 Å². The van der Waals surface area contributed by atoms with Crippen LogP contribution in [-0.4, -0.2) is 40.9 Å². The number of aromatic nitrogens is 4. The number of aromatic amines is 1. The molecule has 2 N–H and O–H groups in total. The first-order valence-electron chi connectivity index (χ1n) is 9.86. The van der Waals surface area contributed by atoms with Gasteiger partial charge in [-0.25, -0.2) is 18.1 Å². The average molecular weight is 432 g/mol. The van der Waals surface area contributed by atoms with Crippen molar-refractivity contribution >= 4 is 27.9 Å². The minimum Gasteiger partial charge on any atom is -0.361 e. The van der Waals surface area contributed by atoms with Gasteiger partial charge >= 0.3 is 0 Å². The Morgan fingerprint density at radius 3 is 2.97 bits per heavy atom. The summed E-state index contributed by atoms with van der Waals surface area (Å²) in [4.78, 5) is 7.50. The molecule has 3 atom stereocenters. The van der Waals surface area contributed by atoms with Gasteiger partial charge in [-0.05, 0) is 31.7 Å². The standard InChI is InChI=1S/C19H25N7O3S/c1-4-13-8-14(25-30(27,28)11-15-7-12(2)29-24-15)9-17(13)26-16-5-6-21-19(16)22-10-18(26)23-20-3/h5-7,10,13-14,17,21,25H,3-4,8-9,11H2,1-2H3/b23-18-/t13-,14+,17?/m1/s1. The fourth-order valence-corrected chi connectivity index (χ4v) is 5.69. The van der Waals surface area contributed by atoms with Crippen LogP contribution in [0.1, 0.15) is 43.7 Å². The van der Waals surface area contributed by atoms with Gasteiger partial charge in [-0.1, -0.05) is 18.5 Å². The highest BCUT2D eigenvalue weighted by Gasteiger charge is 2.37. The fraction of sp³-hybridized carbons (Fsp3) is 0.474. The van der Waals surface area contributed by atoms with E-state index in [1.807, 2.05) is 12.3 Å². The number of nitrogens with zero attached hydrogens (tertiary/aromatic N) is 5. The summed E-state index contributed by atoms with van der Waals surface area (Å²) in [6.45, 7) is 7.32. The summed E-state index contributed by atoms with van der Waals surface area (Å²) in [6.07, 6.45) is 5.78. The summed E-state index contributed by atoms with van der Waals surface area (Å²) in [5, 5.41) is 11.6. The molecular weight excluding hydrogens is 406 g/mol. The van der Waals surface area contributed by atoms with Crippen LogP contribution in [0.4, 0.5) is 0 Å². The normalized spacial score (nSPS) is 22.7. The second kappa shape index (κ2) is 8.15. The van der Waals surface area contributed by atoms with Crippen molar-refractivity contribution in [3.8, 4) is 0 Å². The molecule has 10 nitrogen and oxygen atoms in total. The maximum atomic E-state index is 12.7. The highest BCUT2D eigenvalue weighted by atomic mass is 32.2. The molecule has 1 aliphatic rings. The van der Waals surface area contributed by atoms with Crippen LogP contribution in [0.3, 0.4) is 0 Å². The van der Waals surface area contributed by atoms with E-state index in [9.17, 15) is 8.42 Å². The van der Waals surface area contributed by atoms with Gasteiger partial charge in [-0.2, -0.15) is 5.10 Å². The Morgan fingerprint density at radius 1 is 1.43 bits per heavy atom. The zero-order chi connectivity index (χ0) is 21.3. The Balaban J connectivity index is 1.62. The van der Waals surface area contributed by atoms with Gasteiger partial charge in [0.2, 0.25) is 10.0 Å². The lowest BCUT2D eigenvalue weighted by Crippen LogP contribution is -2.34. The molecule has 0 aromatic carbocycles. The van der Waals surface area contributed by atoms with E-state index in [1.54, 1.807) is 19.2 Å². The molecule has 11 heteroatoms. The van der Waals surface area contributed by atoms with Gasteiger partial charge in [0.15, 0.2) is 11.1 Å². The van der Waals surface area contributed by atoms with Gasteiger partial charge in [-0.3, -0.25) is 0 Å². The van der Waals surface area contributed by atoms with Crippen molar-refractivity contribution in [2.24, 2.45) is 16.1 Å². The highest BCUT2D eigenvalue weighted by molar-refractivity contribution is 7.88. The van der Waals surface area contributed by atoms with Crippen molar-refractivity contribution in [2.75, 3.05) is 0 Å². The molecule has 3 aromatic rings. The lowest BCUT2D eigenvalue weighted by atomic mass is 10.00. The number of H-pyrrole nitrogens is 1. The van der Waals surface area contributed by atoms with E-state index in [1.165, 1.54) is 0 Å². The Morgan fingerprint density at radius 2 is 2.27 bits per heavy atom. The molecule has 0 aliphatic heterocycles. The molecular formula is C19H25N7O3S. The number of fused-ring (bicyclic) bond motifs is 1. The third-order valence-corrected chi connectivity index (χ3v) is 6.94. The number of hydrogen-bond acceptors (Lipinski definition) is 7. The lowest BCUT2D eigenvalue weighted by molar-refractivity contribution is 0.367. The van der Waals surface area contributed by atoms with Crippen LogP contribution in [0.25, 0.3) is 11.2 Å². The molecule has 160 valence electrons. The maximum Gasteiger partial charge on any atom is 0.217 e. The molecule has 1 saturated carbocycles. The van der Waals surface area contributed by atoms with Crippen molar-refractivity contribution in [1.82, 2.24) is 24.4 Å². The number of rotatable bonds is 7. The third-order valence-electron chi connectivity index (χ3n) is 5.57. The quantitative estimate of drug-likeness (QED) is 0.436. The maximum absolute atomic E-state index is 12.7. The van der Waals surface area contributed by atoms with Crippen LogP contribution in [0.5, 0.6) is 0 Å². The molecule has 3 aromatic heterocycles. The largest absolute Gasteiger partial charge is 0.361 e. The summed E-state index contributed by atoms with van der Waals surface area (Å²) in [6, 6.07) is 3.45. The van der Waals surface area contributed by atoms with E-state index >= 15 is 0 Å². The topological polar surface area (TPSA) is 131 Å². The number of sulfonamides is 1. The lowest BCUT2D eigenvalue weighted by Gasteiger charge is -2.22. The molecule has 0 saturated heterocycles. The van der Waals surface area contributed by atoms with Gasteiger partial charge < -0.3 is 14.1 Å². The van der Waals surface area contributed by atoms with Crippen molar-refractivity contribution < 1.29 is 12.9 Å². The molecule has 0 radical (unpaired) electrons. The minimum atomic E-state index is -3.55. The van der Waals surface area contributed by atoms with Crippen molar-refractivity contribution in [3.05, 3.63) is 41.5 Å². The molecule has 0 bridgehead atoms. The Kier molecular flexibility index (Phi) is 5.56. The van der Waals surface area contributed by atoms with Crippen LogP contribution in [0.2, 0.25) is 0 Å². The van der Waals surface area contributed by atoms with E-state index in [2.05, 4.69) is 48.3 Å². The van der Waals surface area contributed by atoms with Gasteiger partial charge in [-0.15, -0.1) is 5.10 Å². The molecule has 30 heavy (non-hydrogen) atoms. The Hall–Kier alpha value is -2.79. The van der Waals surface area contributed by atoms with Gasteiger partial charge in [0, 0.05) is 31.1 Å². The summed E-state index contributed by atoms with van der Waals surface area (Å²) in [5.74, 6) is 0.661. The minimum absolute atomic E-state index is 0.0544. The Labute approximate surface area is 174 Å². The first-order chi connectivity index (χ1) is 14.4. The van der Waals surface area contributed by atoms with E-state index < -0.39 is 10.0 Å². The molecule has 4 rings (SSSR count). The SMILES string of the molecule is C=N/N=c1/cnc2[nH]ccc2n1C1C[C@@H](NS(=O)(=O)Cc2cc(C)on2)C[C@H]1CC. The van der Waals surface area contributed by atoms with Gasteiger partial charge in [0.05, 0.1) is 11.7 Å². The summed E-state index contributed by atoms with van der Waals surface area (Å²) < 4.78 is 35.3. The number of aryl methyl sites for hydroxylation is 1. The van der Waals surface area contributed by atoms with Crippen LogP contribution < -0.4 is 10.2 Å². The zero-order valence-corrected chi connectivity index (χ0v) is 17.8. The number of hydrogen-bond donors (Lipinski definition) is 2. The first kappa shape index (κ1) is 20.5. The molecule has 1 aliphatic carbocycles. The smallest absolute Gasteiger partial charge is 0.217 e. The van der Waals surface area contributed by atoms with Gasteiger partial charge in [0.25, 0.3) is 0 Å². The van der Waals surface area contributed by atoms with E-state index in [0.717, 1.165) is 24.0 Å². The second-order valence-corrected chi connectivity index (χ2v) is 9.40. The monoisotopic (exact) mass is 431 g/mol. The number of nitrogens with one attached hydrogen (secondary N) is 2. The van der Waals surface area contributed by atoms with Crippen LogP contribution in [0.15, 0.2) is 39.3 Å².